The van der Waals surface area contributed by atoms with Gasteiger partial charge < -0.3 is 10.8 Å². The van der Waals surface area contributed by atoms with Gasteiger partial charge in [0.25, 0.3) is 0 Å². The summed E-state index contributed by atoms with van der Waals surface area (Å²) >= 11 is 0. The second kappa shape index (κ2) is 20.0. The third kappa shape index (κ3) is 19.9. The summed E-state index contributed by atoms with van der Waals surface area (Å²) in [5.41, 5.74) is 5.45. The van der Waals surface area contributed by atoms with Gasteiger partial charge in [-0.2, -0.15) is 0 Å². The molecule has 0 bridgehead atoms. The first-order valence-electron chi connectivity index (χ1n) is 10.7. The Balaban J connectivity index is 3.02. The lowest BCUT2D eigenvalue weighted by Gasteiger charge is -2.09. The van der Waals surface area contributed by atoms with Crippen molar-refractivity contribution in [1.82, 2.24) is 0 Å². The minimum Gasteiger partial charge on any atom is -0.393 e. The number of hydrogen-bond donors (Lipinski definition) is 2. The van der Waals surface area contributed by atoms with Gasteiger partial charge in [0.2, 0.25) is 0 Å². The van der Waals surface area contributed by atoms with Crippen molar-refractivity contribution in [1.29, 1.82) is 0 Å². The topological polar surface area (TPSA) is 46.2 Å². The molecule has 0 spiro atoms. The van der Waals surface area contributed by atoms with Gasteiger partial charge >= 0.3 is 0 Å². The zero-order valence-electron chi connectivity index (χ0n) is 16.0. The second-order valence-corrected chi connectivity index (χ2v) is 7.32. The van der Waals surface area contributed by atoms with Gasteiger partial charge in [-0.05, 0) is 25.8 Å². The van der Waals surface area contributed by atoms with Crippen LogP contribution in [0, 0.1) is 0 Å². The van der Waals surface area contributed by atoms with Crippen molar-refractivity contribution in [3.05, 3.63) is 0 Å². The zero-order valence-corrected chi connectivity index (χ0v) is 16.0. The van der Waals surface area contributed by atoms with Crippen LogP contribution in [0.15, 0.2) is 0 Å². The summed E-state index contributed by atoms with van der Waals surface area (Å²) in [6.07, 6.45) is 23.7. The molecule has 23 heavy (non-hydrogen) atoms. The fourth-order valence-electron chi connectivity index (χ4n) is 3.25. The van der Waals surface area contributed by atoms with Crippen molar-refractivity contribution in [2.24, 2.45) is 5.73 Å². The molecule has 2 heteroatoms. The first-order chi connectivity index (χ1) is 11.3. The van der Waals surface area contributed by atoms with Crippen LogP contribution in [0.25, 0.3) is 0 Å². The van der Waals surface area contributed by atoms with E-state index in [1.54, 1.807) is 0 Å². The fraction of sp³-hybridized carbons (Fsp3) is 1.00. The number of hydrogen-bond acceptors (Lipinski definition) is 2. The van der Waals surface area contributed by atoms with Crippen molar-refractivity contribution in [2.75, 3.05) is 6.54 Å². The highest BCUT2D eigenvalue weighted by Crippen LogP contribution is 2.14. The lowest BCUT2D eigenvalue weighted by atomic mass is 10.0. The molecule has 0 fully saturated rings. The highest BCUT2D eigenvalue weighted by atomic mass is 16.3. The number of aliphatic hydroxyl groups excluding tert-OH is 1. The maximum atomic E-state index is 9.73. The Morgan fingerprint density at radius 3 is 1.30 bits per heavy atom. The molecule has 3 N–H and O–H groups in total. The van der Waals surface area contributed by atoms with E-state index in [1.807, 2.05) is 0 Å². The van der Waals surface area contributed by atoms with E-state index < -0.39 is 0 Å². The van der Waals surface area contributed by atoms with Crippen LogP contribution in [0.1, 0.15) is 122 Å². The molecule has 2 nitrogen and oxygen atoms in total. The smallest absolute Gasteiger partial charge is 0.0540 e. The maximum absolute atomic E-state index is 9.73. The predicted molar refractivity (Wildman–Crippen MR) is 104 cm³/mol. The molecule has 0 aliphatic heterocycles. The van der Waals surface area contributed by atoms with E-state index in [9.17, 15) is 5.11 Å². The van der Waals surface area contributed by atoms with Crippen LogP contribution < -0.4 is 5.73 Å². The van der Waals surface area contributed by atoms with E-state index in [0.29, 0.717) is 6.54 Å². The van der Waals surface area contributed by atoms with Gasteiger partial charge in [0, 0.05) is 0 Å². The summed E-state index contributed by atoms with van der Waals surface area (Å²) in [4.78, 5) is 0. The van der Waals surface area contributed by atoms with Crippen LogP contribution >= 0.6 is 0 Å². The Morgan fingerprint density at radius 1 is 0.565 bits per heavy atom. The summed E-state index contributed by atoms with van der Waals surface area (Å²) in [5.74, 6) is 0. The molecule has 0 rings (SSSR count). The van der Waals surface area contributed by atoms with Crippen molar-refractivity contribution in [3.63, 3.8) is 0 Å². The molecule has 0 saturated heterocycles. The third-order valence-electron chi connectivity index (χ3n) is 4.88. The second-order valence-electron chi connectivity index (χ2n) is 7.32. The molecule has 0 aliphatic carbocycles. The summed E-state index contributed by atoms with van der Waals surface area (Å²) in [7, 11) is 0. The number of aliphatic hydroxyl groups is 1. The fourth-order valence-corrected chi connectivity index (χ4v) is 3.25. The van der Waals surface area contributed by atoms with E-state index in [1.165, 1.54) is 96.3 Å². The number of unbranched alkanes of at least 4 members (excludes halogenated alkanes) is 14. The first kappa shape index (κ1) is 22.9. The monoisotopic (exact) mass is 327 g/mol. The van der Waals surface area contributed by atoms with Crippen molar-refractivity contribution < 1.29 is 5.11 Å². The minimum absolute atomic E-state index is 0.111. The van der Waals surface area contributed by atoms with E-state index in [2.05, 4.69) is 6.92 Å². The van der Waals surface area contributed by atoms with Crippen LogP contribution in [0.3, 0.4) is 0 Å². The molecule has 0 aromatic rings. The van der Waals surface area contributed by atoms with Crippen LogP contribution in [-0.2, 0) is 0 Å². The Morgan fingerprint density at radius 2 is 0.913 bits per heavy atom. The van der Waals surface area contributed by atoms with Crippen LogP contribution in [0.2, 0.25) is 0 Å². The summed E-state index contributed by atoms with van der Waals surface area (Å²) in [6.45, 7) is 2.99. The molecule has 140 valence electrons. The molecule has 0 aromatic heterocycles. The SMILES string of the molecule is CCCCCCCCCCCCCCCCCC(O)CCCN. The molecule has 0 heterocycles. The molecule has 1 atom stereocenters. The predicted octanol–water partition coefficient (Wildman–Crippen LogP) is 6.35. The Kier molecular flexibility index (Phi) is 19.9. The first-order valence-corrected chi connectivity index (χ1v) is 10.7. The van der Waals surface area contributed by atoms with E-state index in [0.717, 1.165) is 19.3 Å². The highest BCUT2D eigenvalue weighted by molar-refractivity contribution is 4.57. The van der Waals surface area contributed by atoms with Crippen LogP contribution in [-0.4, -0.2) is 17.8 Å². The molecule has 0 saturated carbocycles. The average Bonchev–Trinajstić information content (AvgIpc) is 2.56. The van der Waals surface area contributed by atoms with E-state index in [4.69, 9.17) is 5.73 Å². The van der Waals surface area contributed by atoms with Gasteiger partial charge in [-0.25, -0.2) is 0 Å². The summed E-state index contributed by atoms with van der Waals surface area (Å²) in [6, 6.07) is 0. The van der Waals surface area contributed by atoms with E-state index in [-0.39, 0.29) is 6.10 Å². The lowest BCUT2D eigenvalue weighted by Crippen LogP contribution is -2.09. The Labute approximate surface area is 146 Å². The highest BCUT2D eigenvalue weighted by Gasteiger charge is 2.02. The molecule has 0 radical (unpaired) electrons. The van der Waals surface area contributed by atoms with Gasteiger partial charge in [0.05, 0.1) is 6.10 Å². The minimum atomic E-state index is -0.111. The largest absolute Gasteiger partial charge is 0.393 e. The van der Waals surface area contributed by atoms with Crippen molar-refractivity contribution >= 4 is 0 Å². The van der Waals surface area contributed by atoms with Crippen molar-refractivity contribution in [3.8, 4) is 0 Å². The molecule has 0 aliphatic rings. The van der Waals surface area contributed by atoms with Gasteiger partial charge in [-0.1, -0.05) is 103 Å². The Hall–Kier alpha value is -0.0800. The van der Waals surface area contributed by atoms with Gasteiger partial charge in [0.1, 0.15) is 0 Å². The maximum Gasteiger partial charge on any atom is 0.0540 e. The molecular weight excluding hydrogens is 282 g/mol. The quantitative estimate of drug-likeness (QED) is 0.272. The summed E-state index contributed by atoms with van der Waals surface area (Å²) < 4.78 is 0. The van der Waals surface area contributed by atoms with Crippen molar-refractivity contribution in [2.45, 2.75) is 129 Å². The lowest BCUT2D eigenvalue weighted by molar-refractivity contribution is 0.149. The standard InChI is InChI=1S/C21H45NO/c1-2-3-4-5-6-7-8-9-10-11-12-13-14-15-16-18-21(23)19-17-20-22/h21,23H,2-20,22H2,1H3. The molecule has 0 aromatic carbocycles. The molecule has 1 unspecified atom stereocenters. The normalized spacial score (nSPS) is 12.7. The summed E-state index contributed by atoms with van der Waals surface area (Å²) in [5, 5.41) is 9.73. The zero-order chi connectivity index (χ0) is 17.0. The van der Waals surface area contributed by atoms with Gasteiger partial charge in [-0.15, -0.1) is 0 Å². The number of rotatable bonds is 19. The van der Waals surface area contributed by atoms with Crippen LogP contribution in [0.5, 0.6) is 0 Å². The Bertz CT molecular complexity index is 208. The van der Waals surface area contributed by atoms with Gasteiger partial charge in [0.15, 0.2) is 0 Å². The van der Waals surface area contributed by atoms with E-state index >= 15 is 0 Å². The third-order valence-corrected chi connectivity index (χ3v) is 4.88. The molecule has 0 amide bonds. The van der Waals surface area contributed by atoms with Crippen LogP contribution in [0.4, 0.5) is 0 Å². The number of nitrogens with two attached hydrogens (primary N) is 1. The molecular formula is C21H45NO. The average molecular weight is 328 g/mol. The van der Waals surface area contributed by atoms with Gasteiger partial charge in [-0.3, -0.25) is 0 Å².